The highest BCUT2D eigenvalue weighted by atomic mass is 79.9. The molecular weight excluding hydrogens is 326 g/mol. The topological polar surface area (TPSA) is 21.3 Å². The largest absolute Gasteiger partial charge is 0.374 e. The zero-order valence-corrected chi connectivity index (χ0v) is 14.4. The lowest BCUT2D eigenvalue weighted by Gasteiger charge is -2.37. The summed E-state index contributed by atoms with van der Waals surface area (Å²) in [7, 11) is 1.98. The molecule has 0 aliphatic rings. The standard InChI is InChI=1S/C15H23BrClNO/c1-5-15(3,19-6-2)14(18-4)9-11-7-8-12(16)10-13(11)17/h7-8,10,14,18H,5-6,9H2,1-4H3. The van der Waals surface area contributed by atoms with Crippen molar-refractivity contribution in [1.29, 1.82) is 0 Å². The van der Waals surface area contributed by atoms with E-state index < -0.39 is 0 Å². The summed E-state index contributed by atoms with van der Waals surface area (Å²) in [5, 5.41) is 4.17. The zero-order valence-electron chi connectivity index (χ0n) is 12.1. The first-order valence-electron chi connectivity index (χ1n) is 6.72. The molecule has 0 saturated heterocycles. The van der Waals surface area contributed by atoms with Crippen LogP contribution in [0.1, 0.15) is 32.8 Å². The first-order chi connectivity index (χ1) is 8.96. The van der Waals surface area contributed by atoms with E-state index in [1.54, 1.807) is 0 Å². The van der Waals surface area contributed by atoms with Crippen LogP contribution < -0.4 is 5.32 Å². The molecule has 0 heterocycles. The average Bonchev–Trinajstić information content (AvgIpc) is 2.38. The third-order valence-electron chi connectivity index (χ3n) is 3.70. The molecule has 0 amide bonds. The molecule has 1 N–H and O–H groups in total. The Morgan fingerprint density at radius 1 is 1.42 bits per heavy atom. The Labute approximate surface area is 130 Å². The Bertz CT molecular complexity index is 413. The number of hydrogen-bond donors (Lipinski definition) is 1. The summed E-state index contributed by atoms with van der Waals surface area (Å²) < 4.78 is 6.96. The van der Waals surface area contributed by atoms with E-state index in [2.05, 4.69) is 41.2 Å². The minimum absolute atomic E-state index is 0.181. The van der Waals surface area contributed by atoms with Gasteiger partial charge in [0.25, 0.3) is 0 Å². The molecule has 4 heteroatoms. The Morgan fingerprint density at radius 2 is 2.11 bits per heavy atom. The molecule has 2 unspecified atom stereocenters. The molecule has 0 aromatic heterocycles. The van der Waals surface area contributed by atoms with Crippen molar-refractivity contribution in [2.24, 2.45) is 0 Å². The van der Waals surface area contributed by atoms with E-state index in [1.165, 1.54) is 0 Å². The zero-order chi connectivity index (χ0) is 14.5. The molecule has 2 nitrogen and oxygen atoms in total. The summed E-state index contributed by atoms with van der Waals surface area (Å²) in [6.07, 6.45) is 1.81. The molecule has 19 heavy (non-hydrogen) atoms. The van der Waals surface area contributed by atoms with Crippen molar-refractivity contribution in [3.63, 3.8) is 0 Å². The maximum atomic E-state index is 6.30. The van der Waals surface area contributed by atoms with Gasteiger partial charge in [-0.3, -0.25) is 0 Å². The van der Waals surface area contributed by atoms with E-state index in [-0.39, 0.29) is 11.6 Å². The first kappa shape index (κ1) is 17.0. The van der Waals surface area contributed by atoms with E-state index in [1.807, 2.05) is 26.1 Å². The number of ether oxygens (including phenoxy) is 1. The molecule has 0 radical (unpaired) electrons. The van der Waals surface area contributed by atoms with Crippen LogP contribution in [0.5, 0.6) is 0 Å². The van der Waals surface area contributed by atoms with Crippen LogP contribution in [0.4, 0.5) is 0 Å². The number of rotatable bonds is 7. The van der Waals surface area contributed by atoms with Crippen LogP contribution in [0.25, 0.3) is 0 Å². The monoisotopic (exact) mass is 347 g/mol. The highest BCUT2D eigenvalue weighted by Gasteiger charge is 2.32. The Hall–Kier alpha value is -0.0900. The van der Waals surface area contributed by atoms with Crippen molar-refractivity contribution in [1.82, 2.24) is 5.32 Å². The van der Waals surface area contributed by atoms with Crippen LogP contribution in [0.15, 0.2) is 22.7 Å². The molecule has 1 rings (SSSR count). The van der Waals surface area contributed by atoms with Crippen molar-refractivity contribution in [2.75, 3.05) is 13.7 Å². The fourth-order valence-corrected chi connectivity index (χ4v) is 3.06. The van der Waals surface area contributed by atoms with E-state index >= 15 is 0 Å². The molecule has 0 aliphatic carbocycles. The van der Waals surface area contributed by atoms with Crippen molar-refractivity contribution < 1.29 is 4.74 Å². The van der Waals surface area contributed by atoms with E-state index in [0.29, 0.717) is 0 Å². The number of hydrogen-bond acceptors (Lipinski definition) is 2. The van der Waals surface area contributed by atoms with Gasteiger partial charge in [0.2, 0.25) is 0 Å². The highest BCUT2D eigenvalue weighted by molar-refractivity contribution is 9.10. The molecule has 0 saturated carbocycles. The summed E-state index contributed by atoms with van der Waals surface area (Å²) >= 11 is 9.74. The molecule has 0 spiro atoms. The fourth-order valence-electron chi connectivity index (χ4n) is 2.31. The maximum Gasteiger partial charge on any atom is 0.0807 e. The second-order valence-corrected chi connectivity index (χ2v) is 6.20. The Balaban J connectivity index is 2.92. The summed E-state index contributed by atoms with van der Waals surface area (Å²) in [6.45, 7) is 7.07. The lowest BCUT2D eigenvalue weighted by Crippen LogP contribution is -2.50. The molecule has 2 atom stereocenters. The average molecular weight is 349 g/mol. The van der Waals surface area contributed by atoms with Crippen LogP contribution >= 0.6 is 27.5 Å². The molecule has 108 valence electrons. The number of likely N-dealkylation sites (N-methyl/N-ethyl adjacent to an activating group) is 1. The van der Waals surface area contributed by atoms with Gasteiger partial charge in [0.1, 0.15) is 0 Å². The second kappa shape index (κ2) is 7.63. The predicted octanol–water partition coefficient (Wildman–Crippen LogP) is 4.44. The molecule has 1 aromatic carbocycles. The fraction of sp³-hybridized carbons (Fsp3) is 0.600. The molecule has 0 aliphatic heterocycles. The first-order valence-corrected chi connectivity index (χ1v) is 7.89. The highest BCUT2D eigenvalue weighted by Crippen LogP contribution is 2.27. The Kier molecular flexibility index (Phi) is 6.81. The van der Waals surface area contributed by atoms with Crippen LogP contribution in [-0.2, 0) is 11.2 Å². The minimum Gasteiger partial charge on any atom is -0.374 e. The van der Waals surface area contributed by atoms with Crippen LogP contribution in [-0.4, -0.2) is 25.3 Å². The smallest absolute Gasteiger partial charge is 0.0807 e. The van der Waals surface area contributed by atoms with E-state index in [9.17, 15) is 0 Å². The van der Waals surface area contributed by atoms with Gasteiger partial charge < -0.3 is 10.1 Å². The quantitative estimate of drug-likeness (QED) is 0.786. The Morgan fingerprint density at radius 3 is 2.58 bits per heavy atom. The van der Waals surface area contributed by atoms with Crippen LogP contribution in [0.2, 0.25) is 5.02 Å². The third kappa shape index (κ3) is 4.45. The normalized spacial score (nSPS) is 16.1. The van der Waals surface area contributed by atoms with Gasteiger partial charge in [-0.2, -0.15) is 0 Å². The van der Waals surface area contributed by atoms with Crippen molar-refractivity contribution in [3.8, 4) is 0 Å². The number of nitrogens with one attached hydrogen (secondary N) is 1. The lowest BCUT2D eigenvalue weighted by atomic mass is 9.88. The van der Waals surface area contributed by atoms with Gasteiger partial charge in [0.15, 0.2) is 0 Å². The van der Waals surface area contributed by atoms with Gasteiger partial charge in [0.05, 0.1) is 5.60 Å². The number of halogens is 2. The maximum absolute atomic E-state index is 6.30. The number of benzene rings is 1. The summed E-state index contributed by atoms with van der Waals surface area (Å²) in [4.78, 5) is 0. The van der Waals surface area contributed by atoms with Gasteiger partial charge in [-0.15, -0.1) is 0 Å². The SMILES string of the molecule is CCOC(C)(CC)C(Cc1ccc(Br)cc1Cl)NC. The van der Waals surface area contributed by atoms with Crippen molar-refractivity contribution >= 4 is 27.5 Å². The summed E-state index contributed by atoms with van der Waals surface area (Å²) in [5.74, 6) is 0. The van der Waals surface area contributed by atoms with Gasteiger partial charge in [-0.1, -0.05) is 40.5 Å². The third-order valence-corrected chi connectivity index (χ3v) is 4.55. The minimum atomic E-state index is -0.181. The molecular formula is C15H23BrClNO. The van der Waals surface area contributed by atoms with E-state index in [0.717, 1.165) is 34.5 Å². The van der Waals surface area contributed by atoms with Gasteiger partial charge in [-0.25, -0.2) is 0 Å². The summed E-state index contributed by atoms with van der Waals surface area (Å²) in [6, 6.07) is 6.26. The van der Waals surface area contributed by atoms with Crippen molar-refractivity contribution in [2.45, 2.75) is 45.3 Å². The molecule has 0 fully saturated rings. The van der Waals surface area contributed by atoms with E-state index in [4.69, 9.17) is 16.3 Å². The lowest BCUT2D eigenvalue weighted by molar-refractivity contribution is -0.0534. The molecule has 1 aromatic rings. The second-order valence-electron chi connectivity index (χ2n) is 4.88. The predicted molar refractivity (Wildman–Crippen MR) is 86.0 cm³/mol. The van der Waals surface area contributed by atoms with Gasteiger partial charge in [0, 0.05) is 22.1 Å². The van der Waals surface area contributed by atoms with Gasteiger partial charge in [-0.05, 0) is 51.4 Å². The van der Waals surface area contributed by atoms with Crippen molar-refractivity contribution in [3.05, 3.63) is 33.3 Å². The van der Waals surface area contributed by atoms with Crippen LogP contribution in [0, 0.1) is 0 Å². The van der Waals surface area contributed by atoms with Crippen LogP contribution in [0.3, 0.4) is 0 Å². The summed E-state index contributed by atoms with van der Waals surface area (Å²) in [5.41, 5.74) is 0.962. The van der Waals surface area contributed by atoms with Gasteiger partial charge >= 0.3 is 0 Å². The molecule has 0 bridgehead atoms.